The molecule has 0 radical (unpaired) electrons. The normalized spacial score (nSPS) is 10.8. The third-order valence-electron chi connectivity index (χ3n) is 3.25. The summed E-state index contributed by atoms with van der Waals surface area (Å²) in [5.41, 5.74) is 3.09. The lowest BCUT2D eigenvalue weighted by Crippen LogP contribution is -2.20. The van der Waals surface area contributed by atoms with Gasteiger partial charge in [0.2, 0.25) is 11.0 Å². The van der Waals surface area contributed by atoms with Crippen molar-refractivity contribution in [3.8, 4) is 0 Å². The van der Waals surface area contributed by atoms with Crippen LogP contribution in [0, 0.1) is 13.8 Å². The monoisotopic (exact) mass is 359 g/mol. The minimum atomic E-state index is -0.156. The van der Waals surface area contributed by atoms with Gasteiger partial charge in [0.25, 0.3) is 0 Å². The molecule has 0 bridgehead atoms. The van der Waals surface area contributed by atoms with Crippen molar-refractivity contribution in [2.75, 3.05) is 5.32 Å². The van der Waals surface area contributed by atoms with Crippen molar-refractivity contribution >= 4 is 34.1 Å². The van der Waals surface area contributed by atoms with Gasteiger partial charge < -0.3 is 0 Å². The largest absolute Gasteiger partial charge is 0.299 e. The van der Waals surface area contributed by atoms with Gasteiger partial charge in [0, 0.05) is 11.4 Å². The van der Waals surface area contributed by atoms with Crippen LogP contribution in [0.1, 0.15) is 17.0 Å². The number of thioether (sulfide) groups is 1. The summed E-state index contributed by atoms with van der Waals surface area (Å²) in [7, 11) is 0. The molecule has 8 heteroatoms. The molecule has 6 nitrogen and oxygen atoms in total. The van der Waals surface area contributed by atoms with Gasteiger partial charge in [-0.2, -0.15) is 5.10 Å². The summed E-state index contributed by atoms with van der Waals surface area (Å²) >= 11 is 2.99. The number of hydrogen-bond donors (Lipinski definition) is 1. The summed E-state index contributed by atoms with van der Waals surface area (Å²) in [6.07, 6.45) is 0. The number of anilines is 1. The lowest BCUT2D eigenvalue weighted by molar-refractivity contribution is -0.116. The molecule has 3 aromatic rings. The van der Waals surface area contributed by atoms with E-state index in [1.165, 1.54) is 16.9 Å². The van der Waals surface area contributed by atoms with E-state index in [1.807, 2.05) is 38.1 Å². The van der Waals surface area contributed by atoms with Gasteiger partial charge in [0.05, 0.1) is 5.69 Å². The van der Waals surface area contributed by atoms with Gasteiger partial charge in [-0.25, -0.2) is 0 Å². The van der Waals surface area contributed by atoms with Crippen LogP contribution in [0.3, 0.4) is 0 Å². The van der Waals surface area contributed by atoms with Crippen LogP contribution in [0.5, 0.6) is 0 Å². The number of nitrogens with one attached hydrogen (secondary N) is 1. The maximum Gasteiger partial charge on any atom is 0.247 e. The second-order valence-corrected chi connectivity index (χ2v) is 7.48. The molecule has 0 aliphatic heterocycles. The molecule has 24 heavy (non-hydrogen) atoms. The van der Waals surface area contributed by atoms with Crippen molar-refractivity contribution in [3.05, 3.63) is 53.3 Å². The van der Waals surface area contributed by atoms with Crippen LogP contribution in [0.2, 0.25) is 0 Å². The Bertz CT molecular complexity index is 828. The van der Waals surface area contributed by atoms with E-state index in [0.717, 1.165) is 21.5 Å². The Hall–Kier alpha value is -2.19. The Balaban J connectivity index is 1.53. The maximum absolute atomic E-state index is 12.1. The van der Waals surface area contributed by atoms with Crippen LogP contribution in [0.15, 0.2) is 40.7 Å². The Kier molecular flexibility index (Phi) is 5.27. The Morgan fingerprint density at radius 1 is 1.25 bits per heavy atom. The molecule has 0 atom stereocenters. The Morgan fingerprint density at radius 2 is 2.04 bits per heavy atom. The number of aryl methyl sites for hydroxylation is 2. The lowest BCUT2D eigenvalue weighted by Gasteiger charge is -2.03. The van der Waals surface area contributed by atoms with E-state index in [9.17, 15) is 4.79 Å². The number of carbonyl (C=O) groups excluding carboxylic acids is 1. The highest BCUT2D eigenvalue weighted by atomic mass is 32.2. The number of carbonyl (C=O) groups is 1. The van der Waals surface area contributed by atoms with Gasteiger partial charge in [0.1, 0.15) is 6.54 Å². The minimum Gasteiger partial charge on any atom is -0.299 e. The van der Waals surface area contributed by atoms with Gasteiger partial charge >= 0.3 is 0 Å². The van der Waals surface area contributed by atoms with E-state index >= 15 is 0 Å². The summed E-state index contributed by atoms with van der Waals surface area (Å²) < 4.78 is 2.51. The average Bonchev–Trinajstić information content (AvgIpc) is 3.12. The second-order valence-electron chi connectivity index (χ2n) is 5.28. The molecule has 0 fully saturated rings. The minimum absolute atomic E-state index is 0.156. The first-order valence-corrected chi connectivity index (χ1v) is 9.21. The first-order valence-electron chi connectivity index (χ1n) is 7.41. The van der Waals surface area contributed by atoms with Crippen molar-refractivity contribution in [1.29, 1.82) is 0 Å². The number of nitrogens with zero attached hydrogens (tertiary/aromatic N) is 4. The fraction of sp³-hybridized carbons (Fsp3) is 0.250. The number of benzene rings is 1. The van der Waals surface area contributed by atoms with Crippen molar-refractivity contribution in [2.45, 2.75) is 30.5 Å². The summed E-state index contributed by atoms with van der Waals surface area (Å²) in [6.45, 7) is 4.00. The first kappa shape index (κ1) is 16.7. The van der Waals surface area contributed by atoms with E-state index in [1.54, 1.807) is 16.4 Å². The van der Waals surface area contributed by atoms with E-state index < -0.39 is 0 Å². The van der Waals surface area contributed by atoms with Crippen molar-refractivity contribution in [3.63, 3.8) is 0 Å². The predicted molar refractivity (Wildman–Crippen MR) is 96.2 cm³/mol. The zero-order valence-electron chi connectivity index (χ0n) is 13.4. The highest BCUT2D eigenvalue weighted by Crippen LogP contribution is 2.28. The average molecular weight is 359 g/mol. The quantitative estimate of drug-likeness (QED) is 0.540. The fourth-order valence-corrected chi connectivity index (χ4v) is 3.89. The first-order chi connectivity index (χ1) is 11.6. The smallest absolute Gasteiger partial charge is 0.247 e. The molecule has 124 valence electrons. The lowest BCUT2D eigenvalue weighted by atomic mass is 10.2. The second kappa shape index (κ2) is 7.59. The molecule has 0 unspecified atom stereocenters. The highest BCUT2D eigenvalue weighted by molar-refractivity contribution is 8.00. The summed E-state index contributed by atoms with van der Waals surface area (Å²) in [6, 6.07) is 12.1. The Labute approximate surface area is 148 Å². The molecule has 1 amide bonds. The van der Waals surface area contributed by atoms with Gasteiger partial charge in [0.15, 0.2) is 4.34 Å². The molecule has 0 aliphatic rings. The SMILES string of the molecule is Cc1cc(C)n(CC(=O)Nc2nnc(SCc3ccccc3)s2)n1. The Morgan fingerprint density at radius 3 is 2.75 bits per heavy atom. The molecule has 1 N–H and O–H groups in total. The highest BCUT2D eigenvalue weighted by Gasteiger charge is 2.11. The van der Waals surface area contributed by atoms with Gasteiger partial charge in [-0.3, -0.25) is 14.8 Å². The van der Waals surface area contributed by atoms with Crippen molar-refractivity contribution in [2.24, 2.45) is 0 Å². The van der Waals surface area contributed by atoms with E-state index in [2.05, 4.69) is 32.7 Å². The van der Waals surface area contributed by atoms with Gasteiger partial charge in [-0.05, 0) is 25.5 Å². The summed E-state index contributed by atoms with van der Waals surface area (Å²) in [5, 5.41) is 15.7. The van der Waals surface area contributed by atoms with Crippen molar-refractivity contribution < 1.29 is 4.79 Å². The molecule has 2 heterocycles. The van der Waals surface area contributed by atoms with E-state index in [4.69, 9.17) is 0 Å². The van der Waals surface area contributed by atoms with Crippen LogP contribution in [0.4, 0.5) is 5.13 Å². The number of hydrogen-bond acceptors (Lipinski definition) is 6. The van der Waals surface area contributed by atoms with Crippen LogP contribution < -0.4 is 5.32 Å². The maximum atomic E-state index is 12.1. The van der Waals surface area contributed by atoms with Gasteiger partial charge in [-0.15, -0.1) is 10.2 Å². The van der Waals surface area contributed by atoms with Crippen LogP contribution >= 0.6 is 23.1 Å². The molecule has 3 rings (SSSR count). The molecule has 1 aromatic carbocycles. The summed E-state index contributed by atoms with van der Waals surface area (Å²) in [5.74, 6) is 0.673. The number of rotatable bonds is 6. The van der Waals surface area contributed by atoms with Crippen LogP contribution in [-0.4, -0.2) is 25.9 Å². The molecular formula is C16H17N5OS2. The molecule has 0 aliphatic carbocycles. The topological polar surface area (TPSA) is 72.7 Å². The number of amides is 1. The molecule has 0 saturated heterocycles. The summed E-state index contributed by atoms with van der Waals surface area (Å²) in [4.78, 5) is 12.1. The molecule has 2 aromatic heterocycles. The molecular weight excluding hydrogens is 342 g/mol. The zero-order chi connectivity index (χ0) is 16.9. The zero-order valence-corrected chi connectivity index (χ0v) is 15.0. The standard InChI is InChI=1S/C16H17N5OS2/c1-11-8-12(2)21(20-11)9-14(22)17-15-18-19-16(24-15)23-10-13-6-4-3-5-7-13/h3-8H,9-10H2,1-2H3,(H,17,18,22). The fourth-order valence-electron chi connectivity index (χ4n) is 2.17. The van der Waals surface area contributed by atoms with E-state index in [0.29, 0.717) is 5.13 Å². The van der Waals surface area contributed by atoms with Crippen molar-refractivity contribution in [1.82, 2.24) is 20.0 Å². The van der Waals surface area contributed by atoms with E-state index in [-0.39, 0.29) is 12.5 Å². The van der Waals surface area contributed by atoms with Crippen LogP contribution in [-0.2, 0) is 17.1 Å². The number of aromatic nitrogens is 4. The van der Waals surface area contributed by atoms with Gasteiger partial charge in [-0.1, -0.05) is 53.4 Å². The third-order valence-corrected chi connectivity index (χ3v) is 5.30. The van der Waals surface area contributed by atoms with Crippen LogP contribution in [0.25, 0.3) is 0 Å². The molecule has 0 spiro atoms. The third kappa shape index (κ3) is 4.42. The predicted octanol–water partition coefficient (Wildman–Crippen LogP) is 3.28. The molecule has 0 saturated carbocycles.